The molecule has 14 heavy (non-hydrogen) atoms. The van der Waals surface area contributed by atoms with Crippen LogP contribution in [0.1, 0.15) is 6.92 Å². The lowest BCUT2D eigenvalue weighted by Gasteiger charge is -1.98. The Kier molecular flexibility index (Phi) is 3.79. The van der Waals surface area contributed by atoms with Crippen molar-refractivity contribution in [3.8, 4) is 5.75 Å². The molecule has 0 aliphatic rings. The standard InChI is InChI=1S/C10H12N2O2/c1-8(13)7-11-12-9-4-3-5-10(6-9)14-2/h3-6H,7H2,1-2H3. The third kappa shape index (κ3) is 3.35. The maximum Gasteiger partial charge on any atom is 0.153 e. The molecule has 0 fully saturated rings. The first-order chi connectivity index (χ1) is 6.72. The minimum atomic E-state index is -0.00311. The first kappa shape index (κ1) is 10.4. The van der Waals surface area contributed by atoms with Crippen LogP contribution < -0.4 is 4.74 Å². The molecule has 0 amide bonds. The van der Waals surface area contributed by atoms with Gasteiger partial charge in [-0.25, -0.2) is 0 Å². The van der Waals surface area contributed by atoms with Crippen molar-refractivity contribution in [2.75, 3.05) is 13.7 Å². The Bertz CT molecular complexity index is 348. The van der Waals surface area contributed by atoms with Crippen molar-refractivity contribution in [2.24, 2.45) is 10.2 Å². The number of hydrogen-bond donors (Lipinski definition) is 0. The summed E-state index contributed by atoms with van der Waals surface area (Å²) in [5.74, 6) is 0.723. The Labute approximate surface area is 82.6 Å². The van der Waals surface area contributed by atoms with Gasteiger partial charge in [-0.2, -0.15) is 10.2 Å². The van der Waals surface area contributed by atoms with Crippen molar-refractivity contribution in [3.05, 3.63) is 24.3 Å². The number of ether oxygens (including phenoxy) is 1. The zero-order chi connectivity index (χ0) is 10.4. The summed E-state index contributed by atoms with van der Waals surface area (Å²) >= 11 is 0. The maximum atomic E-state index is 10.6. The van der Waals surface area contributed by atoms with Gasteiger partial charge in [-0.05, 0) is 19.1 Å². The molecule has 1 aromatic carbocycles. The molecule has 1 aromatic rings. The van der Waals surface area contributed by atoms with E-state index >= 15 is 0 Å². The summed E-state index contributed by atoms with van der Waals surface area (Å²) < 4.78 is 5.01. The molecule has 0 saturated carbocycles. The highest BCUT2D eigenvalue weighted by atomic mass is 16.5. The summed E-state index contributed by atoms with van der Waals surface area (Å²) in [6.45, 7) is 1.60. The van der Waals surface area contributed by atoms with Crippen LogP contribution in [-0.2, 0) is 4.79 Å². The first-order valence-corrected chi connectivity index (χ1v) is 4.23. The number of benzene rings is 1. The van der Waals surface area contributed by atoms with Gasteiger partial charge in [0.15, 0.2) is 5.78 Å². The van der Waals surface area contributed by atoms with Crippen LogP contribution >= 0.6 is 0 Å². The third-order valence-corrected chi connectivity index (χ3v) is 1.53. The summed E-state index contributed by atoms with van der Waals surface area (Å²) in [6.07, 6.45) is 0. The van der Waals surface area contributed by atoms with Crippen LogP contribution in [0.3, 0.4) is 0 Å². The van der Waals surface area contributed by atoms with Crippen LogP contribution in [0.5, 0.6) is 5.75 Å². The van der Waals surface area contributed by atoms with E-state index in [0.29, 0.717) is 5.69 Å². The van der Waals surface area contributed by atoms with Crippen LogP contribution in [-0.4, -0.2) is 19.4 Å². The topological polar surface area (TPSA) is 51.0 Å². The van der Waals surface area contributed by atoms with Gasteiger partial charge < -0.3 is 4.74 Å². The summed E-state index contributed by atoms with van der Waals surface area (Å²) in [6, 6.07) is 7.20. The molecular weight excluding hydrogens is 180 g/mol. The number of carbonyl (C=O) groups is 1. The summed E-state index contributed by atoms with van der Waals surface area (Å²) in [7, 11) is 1.59. The quantitative estimate of drug-likeness (QED) is 0.687. The zero-order valence-corrected chi connectivity index (χ0v) is 8.23. The lowest BCUT2D eigenvalue weighted by atomic mass is 10.3. The van der Waals surface area contributed by atoms with E-state index in [1.54, 1.807) is 19.2 Å². The number of nitrogens with zero attached hydrogens (tertiary/aromatic N) is 2. The molecule has 0 aliphatic heterocycles. The van der Waals surface area contributed by atoms with Crippen molar-refractivity contribution in [1.82, 2.24) is 0 Å². The number of Topliss-reactive ketones (excluding diaryl/α,β-unsaturated/α-hetero) is 1. The Balaban J connectivity index is 2.66. The Morgan fingerprint density at radius 3 is 2.93 bits per heavy atom. The molecule has 4 nitrogen and oxygen atoms in total. The molecule has 4 heteroatoms. The van der Waals surface area contributed by atoms with Crippen LogP contribution in [0.2, 0.25) is 0 Å². The van der Waals surface area contributed by atoms with Crippen molar-refractivity contribution < 1.29 is 9.53 Å². The number of carbonyl (C=O) groups excluding carboxylic acids is 1. The molecule has 0 N–H and O–H groups in total. The molecule has 74 valence electrons. The first-order valence-electron chi connectivity index (χ1n) is 4.23. The molecule has 0 radical (unpaired) electrons. The largest absolute Gasteiger partial charge is 0.497 e. The van der Waals surface area contributed by atoms with Gasteiger partial charge in [-0.3, -0.25) is 4.79 Å². The Hall–Kier alpha value is -1.71. The molecule has 0 atom stereocenters. The molecule has 0 aromatic heterocycles. The Morgan fingerprint density at radius 2 is 2.29 bits per heavy atom. The van der Waals surface area contributed by atoms with Gasteiger partial charge in [0, 0.05) is 6.07 Å². The second-order valence-electron chi connectivity index (χ2n) is 2.80. The lowest BCUT2D eigenvalue weighted by Crippen LogP contribution is -1.92. The second-order valence-corrected chi connectivity index (χ2v) is 2.80. The Morgan fingerprint density at radius 1 is 1.50 bits per heavy atom. The van der Waals surface area contributed by atoms with E-state index in [2.05, 4.69) is 10.2 Å². The maximum absolute atomic E-state index is 10.6. The molecule has 0 spiro atoms. The molecular formula is C10H12N2O2. The van der Waals surface area contributed by atoms with E-state index in [1.165, 1.54) is 6.92 Å². The predicted octanol–water partition coefficient (Wildman–Crippen LogP) is 2.37. The number of methoxy groups -OCH3 is 1. The van der Waals surface area contributed by atoms with E-state index in [1.807, 2.05) is 12.1 Å². The van der Waals surface area contributed by atoms with Crippen LogP contribution in [0.15, 0.2) is 34.5 Å². The number of azo groups is 1. The molecule has 0 saturated heterocycles. The SMILES string of the molecule is COc1cccc(N=NCC(C)=O)c1. The molecule has 0 aliphatic carbocycles. The summed E-state index contributed by atoms with van der Waals surface area (Å²) in [4.78, 5) is 10.6. The van der Waals surface area contributed by atoms with Crippen molar-refractivity contribution >= 4 is 11.5 Å². The van der Waals surface area contributed by atoms with Crippen molar-refractivity contribution in [3.63, 3.8) is 0 Å². The molecule has 0 bridgehead atoms. The average molecular weight is 192 g/mol. The van der Waals surface area contributed by atoms with Gasteiger partial charge in [0.05, 0.1) is 12.8 Å². The minimum Gasteiger partial charge on any atom is -0.497 e. The fraction of sp³-hybridized carbons (Fsp3) is 0.300. The highest BCUT2D eigenvalue weighted by molar-refractivity contribution is 5.77. The van der Waals surface area contributed by atoms with Gasteiger partial charge in [0.1, 0.15) is 12.3 Å². The van der Waals surface area contributed by atoms with Crippen molar-refractivity contribution in [2.45, 2.75) is 6.92 Å². The number of ketones is 1. The van der Waals surface area contributed by atoms with Gasteiger partial charge in [-0.15, -0.1) is 0 Å². The number of hydrogen-bond acceptors (Lipinski definition) is 4. The summed E-state index contributed by atoms with van der Waals surface area (Å²) in [5.41, 5.74) is 0.686. The monoisotopic (exact) mass is 192 g/mol. The lowest BCUT2D eigenvalue weighted by molar-refractivity contribution is -0.115. The zero-order valence-electron chi connectivity index (χ0n) is 8.23. The average Bonchev–Trinajstić information content (AvgIpc) is 2.18. The second kappa shape index (κ2) is 5.11. The molecule has 0 heterocycles. The highest BCUT2D eigenvalue weighted by Crippen LogP contribution is 2.19. The van der Waals surface area contributed by atoms with Gasteiger partial charge in [-0.1, -0.05) is 6.07 Å². The summed E-state index contributed by atoms with van der Waals surface area (Å²) in [5, 5.41) is 7.62. The number of rotatable bonds is 4. The van der Waals surface area contributed by atoms with E-state index in [9.17, 15) is 4.79 Å². The van der Waals surface area contributed by atoms with E-state index in [4.69, 9.17) is 4.74 Å². The van der Waals surface area contributed by atoms with Crippen LogP contribution in [0.25, 0.3) is 0 Å². The minimum absolute atomic E-state index is 0.00311. The third-order valence-electron chi connectivity index (χ3n) is 1.53. The molecule has 0 unspecified atom stereocenters. The van der Waals surface area contributed by atoms with E-state index in [-0.39, 0.29) is 12.3 Å². The fourth-order valence-electron chi connectivity index (χ4n) is 0.889. The molecule has 1 rings (SSSR count). The van der Waals surface area contributed by atoms with Gasteiger partial charge in [0.25, 0.3) is 0 Å². The van der Waals surface area contributed by atoms with Crippen LogP contribution in [0.4, 0.5) is 5.69 Å². The highest BCUT2D eigenvalue weighted by Gasteiger charge is 1.93. The fourth-order valence-corrected chi connectivity index (χ4v) is 0.889. The predicted molar refractivity (Wildman–Crippen MR) is 53.1 cm³/mol. The van der Waals surface area contributed by atoms with Crippen LogP contribution in [0, 0.1) is 0 Å². The van der Waals surface area contributed by atoms with E-state index < -0.39 is 0 Å². The normalized spacial score (nSPS) is 10.4. The smallest absolute Gasteiger partial charge is 0.153 e. The van der Waals surface area contributed by atoms with E-state index in [0.717, 1.165) is 5.75 Å². The van der Waals surface area contributed by atoms with Gasteiger partial charge in [0.2, 0.25) is 0 Å². The van der Waals surface area contributed by atoms with Crippen molar-refractivity contribution in [1.29, 1.82) is 0 Å². The van der Waals surface area contributed by atoms with Gasteiger partial charge >= 0.3 is 0 Å².